The Morgan fingerprint density at radius 2 is 2.05 bits per heavy atom. The molecule has 0 amide bonds. The van der Waals surface area contributed by atoms with E-state index in [0.717, 1.165) is 31.2 Å². The van der Waals surface area contributed by atoms with Gasteiger partial charge in [0.05, 0.1) is 0 Å². The minimum Gasteiger partial charge on any atom is -0.303 e. The van der Waals surface area contributed by atoms with E-state index in [0.29, 0.717) is 11.7 Å². The molecule has 3 unspecified atom stereocenters. The van der Waals surface area contributed by atoms with E-state index in [4.69, 9.17) is 0 Å². The first kappa shape index (κ1) is 15.0. The van der Waals surface area contributed by atoms with E-state index in [-0.39, 0.29) is 0 Å². The van der Waals surface area contributed by atoms with Gasteiger partial charge in [-0.1, -0.05) is 26.7 Å². The van der Waals surface area contributed by atoms with Crippen LogP contribution in [0, 0.1) is 17.8 Å². The number of likely N-dealkylation sites (tertiary alicyclic amines) is 1. The number of nitrogens with zero attached hydrogens (tertiary/aromatic N) is 1. The molecule has 2 aliphatic rings. The summed E-state index contributed by atoms with van der Waals surface area (Å²) in [7, 11) is 0. The third-order valence-corrected chi connectivity index (χ3v) is 5.16. The first-order valence-corrected chi connectivity index (χ1v) is 8.44. The van der Waals surface area contributed by atoms with E-state index in [2.05, 4.69) is 18.7 Å². The lowest BCUT2D eigenvalue weighted by Gasteiger charge is -2.32. The van der Waals surface area contributed by atoms with E-state index >= 15 is 0 Å². The number of ketones is 1. The van der Waals surface area contributed by atoms with Crippen molar-refractivity contribution in [3.63, 3.8) is 0 Å². The SMILES string of the molecule is CCCC1CCC(=O)C(CN2CCCC(C)CC2)C1. The largest absolute Gasteiger partial charge is 0.303 e. The van der Waals surface area contributed by atoms with Gasteiger partial charge in [-0.05, 0) is 57.0 Å². The van der Waals surface area contributed by atoms with Crippen molar-refractivity contribution in [3.05, 3.63) is 0 Å². The highest BCUT2D eigenvalue weighted by molar-refractivity contribution is 5.81. The van der Waals surface area contributed by atoms with Crippen LogP contribution in [0.3, 0.4) is 0 Å². The van der Waals surface area contributed by atoms with Gasteiger partial charge in [0, 0.05) is 18.9 Å². The van der Waals surface area contributed by atoms with Crippen LogP contribution >= 0.6 is 0 Å². The number of carbonyl (C=O) groups excluding carboxylic acids is 1. The van der Waals surface area contributed by atoms with Gasteiger partial charge in [-0.25, -0.2) is 0 Å². The lowest BCUT2D eigenvalue weighted by molar-refractivity contribution is -0.126. The van der Waals surface area contributed by atoms with E-state index in [1.165, 1.54) is 51.6 Å². The molecule has 1 heterocycles. The lowest BCUT2D eigenvalue weighted by atomic mass is 9.78. The molecule has 2 nitrogen and oxygen atoms in total. The third-order valence-electron chi connectivity index (χ3n) is 5.16. The van der Waals surface area contributed by atoms with Crippen LogP contribution in [0.4, 0.5) is 0 Å². The zero-order valence-electron chi connectivity index (χ0n) is 12.9. The molecule has 2 heteroatoms. The van der Waals surface area contributed by atoms with E-state index in [1.54, 1.807) is 0 Å². The minimum absolute atomic E-state index is 0.346. The zero-order chi connectivity index (χ0) is 13.7. The van der Waals surface area contributed by atoms with Gasteiger partial charge in [0.15, 0.2) is 0 Å². The Kier molecular flexibility index (Phi) is 5.87. The summed E-state index contributed by atoms with van der Waals surface area (Å²) in [6, 6.07) is 0. The third kappa shape index (κ3) is 4.59. The molecule has 3 atom stereocenters. The Morgan fingerprint density at radius 3 is 2.84 bits per heavy atom. The zero-order valence-corrected chi connectivity index (χ0v) is 12.9. The average Bonchev–Trinajstić information content (AvgIpc) is 2.59. The van der Waals surface area contributed by atoms with Crippen molar-refractivity contribution in [2.45, 2.75) is 65.2 Å². The summed E-state index contributed by atoms with van der Waals surface area (Å²) in [4.78, 5) is 14.7. The molecule has 0 radical (unpaired) electrons. The summed E-state index contributed by atoms with van der Waals surface area (Å²) in [5.74, 6) is 2.59. The Balaban J connectivity index is 1.83. The van der Waals surface area contributed by atoms with Crippen LogP contribution in [0.15, 0.2) is 0 Å². The second-order valence-corrected chi connectivity index (χ2v) is 6.93. The molecular formula is C17H31NO. The van der Waals surface area contributed by atoms with Crippen molar-refractivity contribution in [1.29, 1.82) is 0 Å². The molecule has 0 aromatic heterocycles. The first-order chi connectivity index (χ1) is 9.19. The highest BCUT2D eigenvalue weighted by Crippen LogP contribution is 2.30. The number of carbonyl (C=O) groups is 1. The fourth-order valence-corrected chi connectivity index (χ4v) is 3.87. The van der Waals surface area contributed by atoms with Crippen molar-refractivity contribution in [3.8, 4) is 0 Å². The maximum absolute atomic E-state index is 12.1. The van der Waals surface area contributed by atoms with Crippen molar-refractivity contribution < 1.29 is 4.79 Å². The van der Waals surface area contributed by atoms with Crippen molar-refractivity contribution in [1.82, 2.24) is 4.90 Å². The molecule has 0 bridgehead atoms. The number of hydrogen-bond acceptors (Lipinski definition) is 2. The van der Waals surface area contributed by atoms with E-state index < -0.39 is 0 Å². The summed E-state index contributed by atoms with van der Waals surface area (Å²) in [5, 5.41) is 0. The Morgan fingerprint density at radius 1 is 1.21 bits per heavy atom. The molecular weight excluding hydrogens is 234 g/mol. The number of Topliss-reactive ketones (excluding diaryl/α,β-unsaturated/α-hetero) is 1. The van der Waals surface area contributed by atoms with Gasteiger partial charge in [-0.15, -0.1) is 0 Å². The van der Waals surface area contributed by atoms with Gasteiger partial charge in [-0.2, -0.15) is 0 Å². The summed E-state index contributed by atoms with van der Waals surface area (Å²) in [6.07, 6.45) is 9.76. The summed E-state index contributed by atoms with van der Waals surface area (Å²) >= 11 is 0. The molecule has 0 aromatic rings. The average molecular weight is 265 g/mol. The second-order valence-electron chi connectivity index (χ2n) is 6.93. The molecule has 1 saturated heterocycles. The van der Waals surface area contributed by atoms with Crippen LogP contribution in [0.25, 0.3) is 0 Å². The van der Waals surface area contributed by atoms with Crippen LogP contribution in [0.1, 0.15) is 65.2 Å². The van der Waals surface area contributed by atoms with Crippen LogP contribution in [-0.2, 0) is 4.79 Å². The molecule has 0 spiro atoms. The van der Waals surface area contributed by atoms with E-state index in [1.807, 2.05) is 0 Å². The maximum Gasteiger partial charge on any atom is 0.137 e. The molecule has 110 valence electrons. The predicted octanol–water partition coefficient (Wildman–Crippen LogP) is 3.89. The monoisotopic (exact) mass is 265 g/mol. The number of hydrogen-bond donors (Lipinski definition) is 0. The highest BCUT2D eigenvalue weighted by Gasteiger charge is 2.29. The summed E-state index contributed by atoms with van der Waals surface area (Å²) in [6.45, 7) is 8.11. The Hall–Kier alpha value is -0.370. The molecule has 0 aromatic carbocycles. The Labute approximate surface area is 118 Å². The summed E-state index contributed by atoms with van der Waals surface area (Å²) in [5.41, 5.74) is 0. The topological polar surface area (TPSA) is 20.3 Å². The fraction of sp³-hybridized carbons (Fsp3) is 0.941. The molecule has 1 aliphatic carbocycles. The quantitative estimate of drug-likeness (QED) is 0.768. The van der Waals surface area contributed by atoms with Crippen molar-refractivity contribution >= 4 is 5.78 Å². The molecule has 19 heavy (non-hydrogen) atoms. The van der Waals surface area contributed by atoms with Crippen LogP contribution in [-0.4, -0.2) is 30.3 Å². The predicted molar refractivity (Wildman–Crippen MR) is 80.2 cm³/mol. The van der Waals surface area contributed by atoms with Crippen LogP contribution in [0.5, 0.6) is 0 Å². The molecule has 0 N–H and O–H groups in total. The normalized spacial score (nSPS) is 34.2. The maximum atomic E-state index is 12.1. The molecule has 1 saturated carbocycles. The first-order valence-electron chi connectivity index (χ1n) is 8.44. The van der Waals surface area contributed by atoms with Gasteiger partial charge in [0.1, 0.15) is 5.78 Å². The molecule has 1 aliphatic heterocycles. The van der Waals surface area contributed by atoms with Gasteiger partial charge in [0.25, 0.3) is 0 Å². The van der Waals surface area contributed by atoms with Crippen LogP contribution in [0.2, 0.25) is 0 Å². The van der Waals surface area contributed by atoms with Crippen molar-refractivity contribution in [2.24, 2.45) is 17.8 Å². The second kappa shape index (κ2) is 7.42. The van der Waals surface area contributed by atoms with Gasteiger partial charge in [-0.3, -0.25) is 4.79 Å². The summed E-state index contributed by atoms with van der Waals surface area (Å²) < 4.78 is 0. The minimum atomic E-state index is 0.346. The number of rotatable bonds is 4. The molecule has 2 fully saturated rings. The van der Waals surface area contributed by atoms with E-state index in [9.17, 15) is 4.79 Å². The van der Waals surface area contributed by atoms with Gasteiger partial charge in [0.2, 0.25) is 0 Å². The fourth-order valence-electron chi connectivity index (χ4n) is 3.87. The van der Waals surface area contributed by atoms with Gasteiger partial charge < -0.3 is 4.90 Å². The van der Waals surface area contributed by atoms with Crippen LogP contribution < -0.4 is 0 Å². The highest BCUT2D eigenvalue weighted by atomic mass is 16.1. The molecule has 2 rings (SSSR count). The smallest absolute Gasteiger partial charge is 0.137 e. The van der Waals surface area contributed by atoms with Crippen molar-refractivity contribution in [2.75, 3.05) is 19.6 Å². The standard InChI is InChI=1S/C17H31NO/c1-3-5-15-7-8-17(19)16(12-15)13-18-10-4-6-14(2)9-11-18/h14-16H,3-13H2,1-2H3. The Bertz CT molecular complexity index is 289. The lowest BCUT2D eigenvalue weighted by Crippen LogP contribution is -2.37. The van der Waals surface area contributed by atoms with Gasteiger partial charge >= 0.3 is 0 Å².